The smallest absolute Gasteiger partial charge is 0.274 e. The van der Waals surface area contributed by atoms with Crippen molar-refractivity contribution in [3.63, 3.8) is 0 Å². The lowest BCUT2D eigenvalue weighted by molar-refractivity contribution is -0.384. The number of nitro groups is 1. The van der Waals surface area contributed by atoms with Gasteiger partial charge in [0.1, 0.15) is 6.61 Å². The zero-order chi connectivity index (χ0) is 23.7. The molecule has 9 heteroatoms. The van der Waals surface area contributed by atoms with Crippen LogP contribution in [-0.4, -0.2) is 20.9 Å². The number of hydrogen-bond acceptors (Lipinski definition) is 7. The molecule has 5 aromatic rings. The monoisotopic (exact) mass is 473 g/mol. The van der Waals surface area contributed by atoms with Crippen molar-refractivity contribution in [1.29, 1.82) is 0 Å². The number of imidazole rings is 1. The Bertz CT molecular complexity index is 1640. The van der Waals surface area contributed by atoms with Crippen molar-refractivity contribution in [3.8, 4) is 11.5 Å². The number of nitrogens with zero attached hydrogens (tertiary/aromatic N) is 3. The summed E-state index contributed by atoms with van der Waals surface area (Å²) in [5, 5.41) is 11.0. The molecule has 34 heavy (non-hydrogen) atoms. The van der Waals surface area contributed by atoms with Gasteiger partial charge in [0.15, 0.2) is 16.5 Å². The SMILES string of the molecule is CCOc1cc(/C=c2/sc3nc4ccccc4n3c2=O)ccc1OCc1cccc([N+](=O)[O-])c1. The van der Waals surface area contributed by atoms with E-state index in [1.807, 2.05) is 49.4 Å². The van der Waals surface area contributed by atoms with Crippen LogP contribution in [0.3, 0.4) is 0 Å². The van der Waals surface area contributed by atoms with E-state index in [0.29, 0.717) is 33.2 Å². The lowest BCUT2D eigenvalue weighted by Crippen LogP contribution is -2.22. The first-order chi connectivity index (χ1) is 16.5. The second-order valence-electron chi connectivity index (χ2n) is 7.49. The predicted octanol–water partition coefficient (Wildman–Crippen LogP) is 4.34. The van der Waals surface area contributed by atoms with Gasteiger partial charge >= 0.3 is 0 Å². The maximum atomic E-state index is 13.0. The molecule has 3 aromatic carbocycles. The van der Waals surface area contributed by atoms with Gasteiger partial charge < -0.3 is 9.47 Å². The molecule has 0 aliphatic heterocycles. The molecule has 0 N–H and O–H groups in total. The number of aromatic nitrogens is 2. The van der Waals surface area contributed by atoms with Gasteiger partial charge in [-0.15, -0.1) is 0 Å². The number of hydrogen-bond donors (Lipinski definition) is 0. The van der Waals surface area contributed by atoms with Crippen molar-refractivity contribution in [2.24, 2.45) is 0 Å². The maximum absolute atomic E-state index is 13.0. The van der Waals surface area contributed by atoms with Gasteiger partial charge in [0.25, 0.3) is 11.2 Å². The number of nitro benzene ring substituents is 1. The fraction of sp³-hybridized carbons (Fsp3) is 0.120. The molecule has 0 fully saturated rings. The third-order valence-corrected chi connectivity index (χ3v) is 6.20. The van der Waals surface area contributed by atoms with Crippen LogP contribution in [-0.2, 0) is 6.61 Å². The molecule has 0 radical (unpaired) electrons. The third-order valence-electron chi connectivity index (χ3n) is 5.23. The fourth-order valence-electron chi connectivity index (χ4n) is 3.69. The minimum Gasteiger partial charge on any atom is -0.490 e. The van der Waals surface area contributed by atoms with Crippen molar-refractivity contribution < 1.29 is 14.4 Å². The molecule has 0 aliphatic carbocycles. The quantitative estimate of drug-likeness (QED) is 0.258. The molecule has 0 saturated heterocycles. The Labute approximate surface area is 197 Å². The summed E-state index contributed by atoms with van der Waals surface area (Å²) in [6.07, 6.45) is 1.81. The van der Waals surface area contributed by atoms with Crippen LogP contribution in [0.15, 0.2) is 71.5 Å². The van der Waals surface area contributed by atoms with E-state index in [-0.39, 0.29) is 17.9 Å². The van der Waals surface area contributed by atoms with E-state index in [1.54, 1.807) is 22.6 Å². The number of non-ortho nitro benzene ring substituents is 1. The number of benzene rings is 3. The van der Waals surface area contributed by atoms with Crippen LogP contribution in [0.2, 0.25) is 0 Å². The lowest BCUT2D eigenvalue weighted by Gasteiger charge is -2.12. The molecule has 0 bridgehead atoms. The summed E-state index contributed by atoms with van der Waals surface area (Å²) in [6.45, 7) is 2.46. The van der Waals surface area contributed by atoms with Crippen LogP contribution in [0.4, 0.5) is 5.69 Å². The molecule has 0 aliphatic rings. The van der Waals surface area contributed by atoms with Gasteiger partial charge in [-0.05, 0) is 48.4 Å². The molecule has 0 spiro atoms. The van der Waals surface area contributed by atoms with E-state index >= 15 is 0 Å². The van der Waals surface area contributed by atoms with Gasteiger partial charge in [0.05, 0.1) is 27.1 Å². The van der Waals surface area contributed by atoms with Crippen molar-refractivity contribution in [3.05, 3.63) is 103 Å². The standard InChI is InChI=1S/C25H19N3O5S/c1-2-32-22-13-16(10-11-21(22)33-15-17-6-5-7-18(12-17)28(30)31)14-23-24(29)27-20-9-4-3-8-19(20)26-25(27)34-23/h3-14H,2,15H2,1H3/b23-14+. The van der Waals surface area contributed by atoms with Gasteiger partial charge in [-0.3, -0.25) is 14.9 Å². The topological polar surface area (TPSA) is 96.0 Å². The highest BCUT2D eigenvalue weighted by Crippen LogP contribution is 2.30. The molecule has 0 amide bonds. The van der Waals surface area contributed by atoms with Gasteiger partial charge in [0.2, 0.25) is 0 Å². The average molecular weight is 474 g/mol. The molecule has 8 nitrogen and oxygen atoms in total. The van der Waals surface area contributed by atoms with Crippen molar-refractivity contribution in [1.82, 2.24) is 9.38 Å². The zero-order valence-electron chi connectivity index (χ0n) is 18.1. The maximum Gasteiger partial charge on any atom is 0.274 e. The number of ether oxygens (including phenoxy) is 2. The summed E-state index contributed by atoms with van der Waals surface area (Å²) in [5.41, 5.74) is 2.95. The second kappa shape index (κ2) is 8.95. The van der Waals surface area contributed by atoms with Crippen LogP contribution >= 0.6 is 11.3 Å². The minimum atomic E-state index is -0.436. The molecule has 170 valence electrons. The van der Waals surface area contributed by atoms with E-state index in [9.17, 15) is 14.9 Å². The van der Waals surface area contributed by atoms with E-state index in [2.05, 4.69) is 4.98 Å². The number of fused-ring (bicyclic) bond motifs is 3. The first-order valence-corrected chi connectivity index (χ1v) is 11.4. The van der Waals surface area contributed by atoms with Gasteiger partial charge in [-0.1, -0.05) is 41.7 Å². The molecule has 5 rings (SSSR count). The summed E-state index contributed by atoms with van der Waals surface area (Å²) >= 11 is 1.34. The molecular formula is C25H19N3O5S. The average Bonchev–Trinajstić information content (AvgIpc) is 3.35. The first-order valence-electron chi connectivity index (χ1n) is 10.6. The Morgan fingerprint density at radius 1 is 1.06 bits per heavy atom. The highest BCUT2D eigenvalue weighted by atomic mass is 32.1. The van der Waals surface area contributed by atoms with E-state index < -0.39 is 4.92 Å². The molecule has 0 unspecified atom stereocenters. The lowest BCUT2D eigenvalue weighted by atomic mass is 10.2. The third kappa shape index (κ3) is 4.08. The number of rotatable bonds is 7. The summed E-state index contributed by atoms with van der Waals surface area (Å²) in [6, 6.07) is 19.3. The summed E-state index contributed by atoms with van der Waals surface area (Å²) in [4.78, 5) is 28.8. The Morgan fingerprint density at radius 3 is 2.74 bits per heavy atom. The highest BCUT2D eigenvalue weighted by molar-refractivity contribution is 7.15. The highest BCUT2D eigenvalue weighted by Gasteiger charge is 2.12. The predicted molar refractivity (Wildman–Crippen MR) is 131 cm³/mol. The molecule has 2 heterocycles. The normalized spacial score (nSPS) is 11.9. The van der Waals surface area contributed by atoms with E-state index in [0.717, 1.165) is 16.6 Å². The Kier molecular flexibility index (Phi) is 5.69. The van der Waals surface area contributed by atoms with Crippen LogP contribution < -0.4 is 19.6 Å². The van der Waals surface area contributed by atoms with Gasteiger partial charge in [-0.2, -0.15) is 0 Å². The number of para-hydroxylation sites is 2. The molecule has 0 atom stereocenters. The van der Waals surface area contributed by atoms with Crippen LogP contribution in [0.5, 0.6) is 11.5 Å². The van der Waals surface area contributed by atoms with Crippen LogP contribution in [0, 0.1) is 10.1 Å². The van der Waals surface area contributed by atoms with Gasteiger partial charge in [0, 0.05) is 12.1 Å². The van der Waals surface area contributed by atoms with E-state index in [4.69, 9.17) is 9.47 Å². The summed E-state index contributed by atoms with van der Waals surface area (Å²) in [5.74, 6) is 1.04. The second-order valence-corrected chi connectivity index (χ2v) is 8.50. The Balaban J connectivity index is 1.46. The Hall–Kier alpha value is -4.24. The van der Waals surface area contributed by atoms with Crippen LogP contribution in [0.1, 0.15) is 18.1 Å². The van der Waals surface area contributed by atoms with Crippen molar-refractivity contribution in [2.75, 3.05) is 6.61 Å². The van der Waals surface area contributed by atoms with Crippen molar-refractivity contribution >= 4 is 39.1 Å². The first kappa shape index (κ1) is 21.6. The Morgan fingerprint density at radius 2 is 1.91 bits per heavy atom. The largest absolute Gasteiger partial charge is 0.490 e. The molecule has 0 saturated carbocycles. The number of thiazole rings is 1. The van der Waals surface area contributed by atoms with E-state index in [1.165, 1.54) is 23.5 Å². The zero-order valence-corrected chi connectivity index (χ0v) is 19.0. The van der Waals surface area contributed by atoms with Gasteiger partial charge in [-0.25, -0.2) is 9.38 Å². The fourth-order valence-corrected chi connectivity index (χ4v) is 4.67. The molecular weight excluding hydrogens is 454 g/mol. The summed E-state index contributed by atoms with van der Waals surface area (Å²) in [7, 11) is 0. The van der Waals surface area contributed by atoms with Crippen LogP contribution in [0.25, 0.3) is 22.1 Å². The molecule has 2 aromatic heterocycles. The van der Waals surface area contributed by atoms with Crippen molar-refractivity contribution in [2.45, 2.75) is 13.5 Å². The minimum absolute atomic E-state index is 0.0135. The summed E-state index contributed by atoms with van der Waals surface area (Å²) < 4.78 is 13.8.